The summed E-state index contributed by atoms with van der Waals surface area (Å²) in [6.45, 7) is 9.36. The molecule has 2 nitrogen and oxygen atoms in total. The molecular weight excluding hydrogens is 424 g/mol. The molecule has 2 atom stereocenters. The van der Waals surface area contributed by atoms with E-state index in [0.29, 0.717) is 12.0 Å². The molecule has 1 rings (SSSR count). The van der Waals surface area contributed by atoms with Crippen LogP contribution in [0.25, 0.3) is 0 Å². The van der Waals surface area contributed by atoms with Gasteiger partial charge in [0.2, 0.25) is 0 Å². The van der Waals surface area contributed by atoms with Crippen LogP contribution >= 0.6 is 0 Å². The molecule has 206 valence electrons. The largest absolute Gasteiger partial charge is 0.332 e. The first-order chi connectivity index (χ1) is 17.2. The van der Waals surface area contributed by atoms with E-state index in [0.717, 1.165) is 0 Å². The Morgan fingerprint density at radius 3 is 1.40 bits per heavy atom. The maximum absolute atomic E-state index is 4.92. The smallest absolute Gasteiger partial charge is 0.111 e. The highest BCUT2D eigenvalue weighted by atomic mass is 15.1. The molecule has 0 aromatic carbocycles. The maximum Gasteiger partial charge on any atom is 0.111 e. The molecule has 35 heavy (non-hydrogen) atoms. The number of unbranched alkanes of at least 4 members (excludes halogenated alkanes) is 18. The predicted molar refractivity (Wildman–Crippen MR) is 158 cm³/mol. The second-order valence-corrected chi connectivity index (χ2v) is 11.5. The van der Waals surface area contributed by atoms with Crippen LogP contribution in [0.2, 0.25) is 0 Å². The number of nitrogens with zero attached hydrogens (tertiary/aromatic N) is 2. The minimum atomic E-state index is 0.592. The third-order valence-electron chi connectivity index (χ3n) is 8.08. The minimum Gasteiger partial charge on any atom is -0.332 e. The van der Waals surface area contributed by atoms with Gasteiger partial charge >= 0.3 is 0 Å². The van der Waals surface area contributed by atoms with E-state index in [-0.39, 0.29) is 0 Å². The van der Waals surface area contributed by atoms with Crippen LogP contribution in [0.5, 0.6) is 0 Å². The van der Waals surface area contributed by atoms with E-state index in [4.69, 9.17) is 4.98 Å². The zero-order chi connectivity index (χ0) is 25.4. The summed E-state index contributed by atoms with van der Waals surface area (Å²) in [5, 5.41) is 0. The van der Waals surface area contributed by atoms with Gasteiger partial charge in [-0.25, -0.2) is 4.98 Å². The lowest BCUT2D eigenvalue weighted by molar-refractivity contribution is 0.414. The van der Waals surface area contributed by atoms with Gasteiger partial charge in [-0.15, -0.1) is 0 Å². The summed E-state index contributed by atoms with van der Waals surface area (Å²) in [5.74, 6) is 2.05. The highest BCUT2D eigenvalue weighted by molar-refractivity contribution is 5.02. The van der Waals surface area contributed by atoms with Gasteiger partial charge in [0.1, 0.15) is 5.82 Å². The molecule has 0 bridgehead atoms. The highest BCUT2D eigenvalue weighted by Gasteiger charge is 2.19. The van der Waals surface area contributed by atoms with Gasteiger partial charge < -0.3 is 4.57 Å². The zero-order valence-corrected chi connectivity index (χ0v) is 24.7. The van der Waals surface area contributed by atoms with Gasteiger partial charge in [-0.1, -0.05) is 156 Å². The molecule has 2 unspecified atom stereocenters. The van der Waals surface area contributed by atoms with E-state index in [2.05, 4.69) is 44.7 Å². The van der Waals surface area contributed by atoms with Crippen LogP contribution < -0.4 is 0 Å². The van der Waals surface area contributed by atoms with Gasteiger partial charge in [0.25, 0.3) is 0 Å². The van der Waals surface area contributed by atoms with Crippen molar-refractivity contribution in [3.8, 4) is 0 Å². The van der Waals surface area contributed by atoms with Crippen LogP contribution in [-0.2, 0) is 0 Å². The fourth-order valence-corrected chi connectivity index (χ4v) is 5.65. The molecule has 0 saturated heterocycles. The number of rotatable bonds is 26. The summed E-state index contributed by atoms with van der Waals surface area (Å²) >= 11 is 0. The Balaban J connectivity index is 2.31. The molecule has 0 radical (unpaired) electrons. The molecule has 0 spiro atoms. The highest BCUT2D eigenvalue weighted by Crippen LogP contribution is 2.30. The van der Waals surface area contributed by atoms with E-state index in [9.17, 15) is 0 Å². The normalized spacial score (nSPS) is 13.4. The summed E-state index contributed by atoms with van der Waals surface area (Å²) in [6.07, 6.45) is 37.9. The third kappa shape index (κ3) is 16.6. The van der Waals surface area contributed by atoms with Crippen molar-refractivity contribution in [2.45, 2.75) is 194 Å². The molecular formula is C33H64N2. The molecule has 0 aliphatic carbocycles. The Labute approximate surface area is 221 Å². The van der Waals surface area contributed by atoms with E-state index in [1.54, 1.807) is 0 Å². The Morgan fingerprint density at radius 2 is 0.914 bits per heavy atom. The first-order valence-corrected chi connectivity index (χ1v) is 16.3. The number of aromatic nitrogens is 2. The quantitative estimate of drug-likeness (QED) is 0.118. The van der Waals surface area contributed by atoms with Gasteiger partial charge in [0.05, 0.1) is 0 Å². The van der Waals surface area contributed by atoms with E-state index in [1.807, 2.05) is 0 Å². The van der Waals surface area contributed by atoms with Gasteiger partial charge in [0, 0.05) is 24.4 Å². The van der Waals surface area contributed by atoms with Crippen molar-refractivity contribution in [2.75, 3.05) is 0 Å². The van der Waals surface area contributed by atoms with E-state index < -0.39 is 0 Å². The van der Waals surface area contributed by atoms with Crippen molar-refractivity contribution in [1.82, 2.24) is 9.55 Å². The summed E-state index contributed by atoms with van der Waals surface area (Å²) < 4.78 is 2.55. The summed E-state index contributed by atoms with van der Waals surface area (Å²) in [6, 6.07) is 0.592. The number of hydrogen-bond donors (Lipinski definition) is 0. The van der Waals surface area contributed by atoms with Crippen molar-refractivity contribution >= 4 is 0 Å². The molecule has 0 amide bonds. The zero-order valence-electron chi connectivity index (χ0n) is 24.7. The molecule has 1 aromatic heterocycles. The third-order valence-corrected chi connectivity index (χ3v) is 8.08. The topological polar surface area (TPSA) is 17.8 Å². The van der Waals surface area contributed by atoms with Gasteiger partial charge in [0.15, 0.2) is 0 Å². The van der Waals surface area contributed by atoms with Gasteiger partial charge in [-0.05, 0) is 26.2 Å². The molecule has 0 aliphatic heterocycles. The Kier molecular flexibility index (Phi) is 21.7. The Bertz CT molecular complexity index is 549. The van der Waals surface area contributed by atoms with E-state index >= 15 is 0 Å². The van der Waals surface area contributed by atoms with Crippen LogP contribution in [0.1, 0.15) is 200 Å². The monoisotopic (exact) mass is 489 g/mol. The average molecular weight is 489 g/mol. The standard InChI is InChI=1S/C33H64N2/c1-5-8-11-13-15-16-17-18-19-20-21-24-26-31(4)35-30-29-34-33(35)32(27-23-10-7-3)28-25-22-14-12-9-6-2/h29-32H,5-28H2,1-4H3. The minimum absolute atomic E-state index is 0.592. The fraction of sp³-hybridized carbons (Fsp3) is 0.909. The number of imidazole rings is 1. The second-order valence-electron chi connectivity index (χ2n) is 11.5. The average Bonchev–Trinajstić information content (AvgIpc) is 3.35. The summed E-state index contributed by atoms with van der Waals surface area (Å²) in [5.41, 5.74) is 0. The summed E-state index contributed by atoms with van der Waals surface area (Å²) in [7, 11) is 0. The van der Waals surface area contributed by atoms with Crippen molar-refractivity contribution in [2.24, 2.45) is 0 Å². The molecule has 0 aliphatic rings. The Morgan fingerprint density at radius 1 is 0.543 bits per heavy atom. The van der Waals surface area contributed by atoms with Crippen molar-refractivity contribution in [3.05, 3.63) is 18.2 Å². The first kappa shape index (κ1) is 32.2. The van der Waals surface area contributed by atoms with Crippen LogP contribution in [-0.4, -0.2) is 9.55 Å². The van der Waals surface area contributed by atoms with Crippen molar-refractivity contribution < 1.29 is 0 Å². The fourth-order valence-electron chi connectivity index (χ4n) is 5.65. The van der Waals surface area contributed by atoms with Crippen LogP contribution in [0.4, 0.5) is 0 Å². The predicted octanol–water partition coefficient (Wildman–Crippen LogP) is 11.9. The lowest BCUT2D eigenvalue weighted by atomic mass is 9.93. The van der Waals surface area contributed by atoms with E-state index in [1.165, 1.54) is 160 Å². The van der Waals surface area contributed by atoms with Crippen molar-refractivity contribution in [3.63, 3.8) is 0 Å². The molecule has 2 heteroatoms. The van der Waals surface area contributed by atoms with Crippen LogP contribution in [0.3, 0.4) is 0 Å². The van der Waals surface area contributed by atoms with Crippen molar-refractivity contribution in [1.29, 1.82) is 0 Å². The molecule has 0 fully saturated rings. The maximum atomic E-state index is 4.92. The van der Waals surface area contributed by atoms with Gasteiger partial charge in [-0.2, -0.15) is 0 Å². The SMILES string of the molecule is CCCCCCCCCCCCCCC(C)n1ccnc1C(CCCCC)CCCCCCCC. The molecule has 0 saturated carbocycles. The van der Waals surface area contributed by atoms with Gasteiger partial charge in [-0.3, -0.25) is 0 Å². The Hall–Kier alpha value is -0.790. The van der Waals surface area contributed by atoms with Crippen LogP contribution in [0, 0.1) is 0 Å². The second kappa shape index (κ2) is 23.6. The molecule has 1 aromatic rings. The number of hydrogen-bond acceptors (Lipinski definition) is 1. The molecule has 1 heterocycles. The first-order valence-electron chi connectivity index (χ1n) is 16.3. The van der Waals surface area contributed by atoms with Crippen LogP contribution in [0.15, 0.2) is 12.4 Å². The lowest BCUT2D eigenvalue weighted by Crippen LogP contribution is -2.13. The summed E-state index contributed by atoms with van der Waals surface area (Å²) in [4.78, 5) is 4.92. The lowest BCUT2D eigenvalue weighted by Gasteiger charge is -2.22. The molecule has 0 N–H and O–H groups in total.